The van der Waals surface area contributed by atoms with Gasteiger partial charge in [-0.3, -0.25) is 19.0 Å². The fourth-order valence-electron chi connectivity index (χ4n) is 4.47. The van der Waals surface area contributed by atoms with Crippen LogP contribution < -0.4 is 21.9 Å². The molecule has 0 aliphatic rings. The first-order valence-electron chi connectivity index (χ1n) is 11.8. The molecule has 2 N–H and O–H groups in total. The van der Waals surface area contributed by atoms with Gasteiger partial charge in [0.25, 0.3) is 5.56 Å². The van der Waals surface area contributed by atoms with Gasteiger partial charge in [-0.15, -0.1) is 5.10 Å². The fraction of sp³-hybridized carbons (Fsp3) is 0.346. The lowest BCUT2D eigenvalue weighted by Gasteiger charge is -2.12. The SMILES string of the molecule is Cc1cc(C)c(NC(=O)Cn2nc3n(CCC(=O)NC(C)C)c(=O)c4ccccc4n3c2=O)c(C)c1. The van der Waals surface area contributed by atoms with Gasteiger partial charge in [0, 0.05) is 24.7 Å². The van der Waals surface area contributed by atoms with E-state index in [2.05, 4.69) is 15.7 Å². The predicted octanol–water partition coefficient (Wildman–Crippen LogP) is 2.29. The van der Waals surface area contributed by atoms with Crippen molar-refractivity contribution in [1.29, 1.82) is 0 Å². The van der Waals surface area contributed by atoms with Gasteiger partial charge in [-0.1, -0.05) is 29.8 Å². The van der Waals surface area contributed by atoms with E-state index in [0.717, 1.165) is 21.4 Å². The first kappa shape index (κ1) is 24.9. The summed E-state index contributed by atoms with van der Waals surface area (Å²) < 4.78 is 3.67. The zero-order valence-electron chi connectivity index (χ0n) is 21.1. The van der Waals surface area contributed by atoms with E-state index in [9.17, 15) is 19.2 Å². The minimum Gasteiger partial charge on any atom is -0.354 e. The monoisotopic (exact) mass is 490 g/mol. The number of nitrogens with zero attached hydrogens (tertiary/aromatic N) is 4. The molecule has 36 heavy (non-hydrogen) atoms. The Bertz CT molecular complexity index is 1590. The molecule has 0 spiro atoms. The van der Waals surface area contributed by atoms with E-state index >= 15 is 0 Å². The summed E-state index contributed by atoms with van der Waals surface area (Å²) in [5, 5.41) is 10.3. The summed E-state index contributed by atoms with van der Waals surface area (Å²) in [4.78, 5) is 51.7. The van der Waals surface area contributed by atoms with E-state index in [4.69, 9.17) is 0 Å². The maximum absolute atomic E-state index is 13.3. The molecule has 10 nitrogen and oxygen atoms in total. The number of benzene rings is 2. The number of rotatable bonds is 7. The summed E-state index contributed by atoms with van der Waals surface area (Å²) in [5.41, 5.74) is 3.11. The van der Waals surface area contributed by atoms with Crippen LogP contribution in [-0.4, -0.2) is 36.6 Å². The zero-order chi connectivity index (χ0) is 26.1. The molecular weight excluding hydrogens is 460 g/mol. The van der Waals surface area contributed by atoms with Crippen LogP contribution in [0, 0.1) is 20.8 Å². The molecule has 0 saturated heterocycles. The molecule has 2 heterocycles. The molecule has 0 radical (unpaired) electrons. The molecule has 188 valence electrons. The van der Waals surface area contributed by atoms with Crippen molar-refractivity contribution < 1.29 is 9.59 Å². The summed E-state index contributed by atoms with van der Waals surface area (Å²) in [6.45, 7) is 9.21. The second-order valence-electron chi connectivity index (χ2n) is 9.34. The van der Waals surface area contributed by atoms with Crippen LogP contribution in [0.4, 0.5) is 5.69 Å². The van der Waals surface area contributed by atoms with E-state index < -0.39 is 11.6 Å². The van der Waals surface area contributed by atoms with Crippen molar-refractivity contribution in [1.82, 2.24) is 24.1 Å². The third kappa shape index (κ3) is 4.79. The quantitative estimate of drug-likeness (QED) is 0.412. The molecular formula is C26H30N6O4. The van der Waals surface area contributed by atoms with Crippen molar-refractivity contribution in [3.63, 3.8) is 0 Å². The van der Waals surface area contributed by atoms with Gasteiger partial charge in [0.15, 0.2) is 0 Å². The zero-order valence-corrected chi connectivity index (χ0v) is 21.1. The van der Waals surface area contributed by atoms with Gasteiger partial charge in [0.1, 0.15) is 6.54 Å². The van der Waals surface area contributed by atoms with E-state index in [1.807, 2.05) is 46.8 Å². The van der Waals surface area contributed by atoms with Gasteiger partial charge in [-0.2, -0.15) is 0 Å². The number of anilines is 1. The minimum atomic E-state index is -0.547. The summed E-state index contributed by atoms with van der Waals surface area (Å²) >= 11 is 0. The predicted molar refractivity (Wildman–Crippen MR) is 138 cm³/mol. The van der Waals surface area contributed by atoms with Gasteiger partial charge in [-0.05, 0) is 57.9 Å². The standard InChI is InChI=1S/C26H30N6O4/c1-15(2)27-21(33)10-11-30-24(35)19-8-6-7-9-20(19)32-25(30)29-31(26(32)36)14-22(34)28-23-17(4)12-16(3)13-18(23)5/h6-9,12-13,15H,10-11,14H2,1-5H3,(H,27,33)(H,28,34). The molecule has 0 aliphatic heterocycles. The summed E-state index contributed by atoms with van der Waals surface area (Å²) in [6.07, 6.45) is 0.0413. The Balaban J connectivity index is 1.74. The third-order valence-corrected chi connectivity index (χ3v) is 5.93. The van der Waals surface area contributed by atoms with Crippen LogP contribution in [0.1, 0.15) is 37.0 Å². The van der Waals surface area contributed by atoms with Gasteiger partial charge >= 0.3 is 5.69 Å². The second kappa shape index (κ2) is 9.80. The van der Waals surface area contributed by atoms with Crippen LogP contribution in [0.5, 0.6) is 0 Å². The average molecular weight is 491 g/mol. The molecule has 0 unspecified atom stereocenters. The highest BCUT2D eigenvalue weighted by Crippen LogP contribution is 2.22. The van der Waals surface area contributed by atoms with E-state index in [1.165, 1.54) is 8.97 Å². The smallest absolute Gasteiger partial charge is 0.352 e. The molecule has 0 bridgehead atoms. The van der Waals surface area contributed by atoms with E-state index in [-0.39, 0.29) is 42.8 Å². The lowest BCUT2D eigenvalue weighted by Crippen LogP contribution is -2.33. The number of hydrogen-bond acceptors (Lipinski definition) is 5. The van der Waals surface area contributed by atoms with Crippen LogP contribution >= 0.6 is 0 Å². The van der Waals surface area contributed by atoms with Crippen LogP contribution in [0.25, 0.3) is 16.7 Å². The number of amides is 2. The highest BCUT2D eigenvalue weighted by Gasteiger charge is 2.20. The lowest BCUT2D eigenvalue weighted by molar-refractivity contribution is -0.121. The molecule has 2 amide bonds. The first-order valence-corrected chi connectivity index (χ1v) is 11.8. The third-order valence-electron chi connectivity index (χ3n) is 5.93. The van der Waals surface area contributed by atoms with E-state index in [1.54, 1.807) is 24.3 Å². The van der Waals surface area contributed by atoms with Crippen LogP contribution in [0.2, 0.25) is 0 Å². The number of carbonyl (C=O) groups excluding carboxylic acids is 2. The second-order valence-corrected chi connectivity index (χ2v) is 9.34. The van der Waals surface area contributed by atoms with Crippen molar-refractivity contribution in [3.8, 4) is 0 Å². The number of hydrogen-bond donors (Lipinski definition) is 2. The maximum atomic E-state index is 13.3. The van der Waals surface area contributed by atoms with Crippen molar-refractivity contribution in [3.05, 3.63) is 73.9 Å². The van der Waals surface area contributed by atoms with Crippen molar-refractivity contribution in [2.24, 2.45) is 0 Å². The first-order chi connectivity index (χ1) is 17.1. The number of carbonyl (C=O) groups is 2. The van der Waals surface area contributed by atoms with Crippen molar-refractivity contribution in [2.45, 2.75) is 60.2 Å². The number of fused-ring (bicyclic) bond motifs is 3. The highest BCUT2D eigenvalue weighted by molar-refractivity contribution is 5.92. The topological polar surface area (TPSA) is 120 Å². The fourth-order valence-corrected chi connectivity index (χ4v) is 4.47. The number of aryl methyl sites for hydroxylation is 4. The molecule has 10 heteroatoms. The Morgan fingerprint density at radius 1 is 1.00 bits per heavy atom. The maximum Gasteiger partial charge on any atom is 0.352 e. The summed E-state index contributed by atoms with van der Waals surface area (Å²) in [5.74, 6) is -0.546. The number of aromatic nitrogens is 4. The minimum absolute atomic E-state index is 0.0352. The molecule has 4 aromatic rings. The van der Waals surface area contributed by atoms with Crippen molar-refractivity contribution in [2.75, 3.05) is 5.32 Å². The Hall–Kier alpha value is -4.21. The summed E-state index contributed by atoms with van der Waals surface area (Å²) in [6, 6.07) is 10.6. The van der Waals surface area contributed by atoms with Crippen LogP contribution in [-0.2, 0) is 22.7 Å². The van der Waals surface area contributed by atoms with E-state index in [0.29, 0.717) is 16.6 Å². The van der Waals surface area contributed by atoms with Crippen LogP contribution in [0.15, 0.2) is 46.0 Å². The molecule has 4 rings (SSSR count). The van der Waals surface area contributed by atoms with Gasteiger partial charge in [0.05, 0.1) is 10.9 Å². The van der Waals surface area contributed by atoms with Crippen LogP contribution in [0.3, 0.4) is 0 Å². The summed E-state index contributed by atoms with van der Waals surface area (Å²) in [7, 11) is 0. The largest absolute Gasteiger partial charge is 0.354 e. The lowest BCUT2D eigenvalue weighted by atomic mass is 10.1. The highest BCUT2D eigenvalue weighted by atomic mass is 16.2. The Labute approximate surface area is 207 Å². The normalized spacial score (nSPS) is 11.4. The molecule has 0 aliphatic carbocycles. The molecule has 2 aromatic heterocycles. The van der Waals surface area contributed by atoms with Gasteiger partial charge in [-0.25, -0.2) is 13.9 Å². The van der Waals surface area contributed by atoms with Gasteiger partial charge in [0.2, 0.25) is 17.6 Å². The molecule has 2 aromatic carbocycles. The molecule has 0 fully saturated rings. The Morgan fingerprint density at radius 3 is 2.33 bits per heavy atom. The Kier molecular flexibility index (Phi) is 6.78. The molecule has 0 atom stereocenters. The number of nitrogens with one attached hydrogen (secondary N) is 2. The average Bonchev–Trinajstić information content (AvgIpc) is 3.11. The number of para-hydroxylation sites is 1. The Morgan fingerprint density at radius 2 is 1.67 bits per heavy atom. The van der Waals surface area contributed by atoms with Crippen molar-refractivity contribution >= 4 is 34.2 Å². The van der Waals surface area contributed by atoms with Gasteiger partial charge < -0.3 is 10.6 Å². The molecule has 0 saturated carbocycles.